The molecule has 0 aliphatic heterocycles. The molecule has 0 aromatic carbocycles. The highest BCUT2D eigenvalue weighted by molar-refractivity contribution is 7.80. The normalized spacial score (nSPS) is 11.7. The van der Waals surface area contributed by atoms with Gasteiger partial charge >= 0.3 is 7.82 Å². The molecule has 0 spiro atoms. The number of hydrogen-bond donors (Lipinski definition) is 5. The number of aromatic hydroxyl groups is 1. The van der Waals surface area contributed by atoms with Crippen LogP contribution in [0.15, 0.2) is 34.1 Å². The van der Waals surface area contributed by atoms with Crippen molar-refractivity contribution in [1.29, 1.82) is 0 Å². The van der Waals surface area contributed by atoms with Crippen molar-refractivity contribution in [3.8, 4) is 5.75 Å². The zero-order valence-electron chi connectivity index (χ0n) is 13.6. The Morgan fingerprint density at radius 1 is 1.54 bits per heavy atom. The largest absolute Gasteiger partial charge is 0.505 e. The predicted molar refractivity (Wildman–Crippen MR) is 96.3 cm³/mol. The summed E-state index contributed by atoms with van der Waals surface area (Å²) in [5, 5.41) is 17.1. The highest BCUT2D eigenvalue weighted by atomic mass is 32.1. The second-order valence-electron chi connectivity index (χ2n) is 5.03. The molecule has 0 saturated carbocycles. The summed E-state index contributed by atoms with van der Waals surface area (Å²) in [7, 11) is -4.66. The topological polar surface area (TPSA) is 149 Å². The standard InChI is InChI=1S/C14H17N4O6PS/c1-9-13(19)12(10(5-15-9)8-24-25(20,21)22)7-17-18-14(26)16-6-11-3-2-4-23-11/h2-5,7,19H,6,8H2,1H3,(H2,16,18,26)(H2,20,21,22)/b17-7+. The zero-order chi connectivity index (χ0) is 19.2. The summed E-state index contributed by atoms with van der Waals surface area (Å²) >= 11 is 5.05. The molecule has 140 valence electrons. The van der Waals surface area contributed by atoms with E-state index in [2.05, 4.69) is 25.4 Å². The Morgan fingerprint density at radius 2 is 2.31 bits per heavy atom. The van der Waals surface area contributed by atoms with E-state index in [4.69, 9.17) is 26.4 Å². The van der Waals surface area contributed by atoms with Crippen LogP contribution in [0.4, 0.5) is 0 Å². The molecule has 0 atom stereocenters. The molecular formula is C14H17N4O6PS. The van der Waals surface area contributed by atoms with Gasteiger partial charge in [0.25, 0.3) is 0 Å². The number of nitrogens with zero attached hydrogens (tertiary/aromatic N) is 2. The molecule has 2 heterocycles. The zero-order valence-corrected chi connectivity index (χ0v) is 15.3. The van der Waals surface area contributed by atoms with Gasteiger partial charge in [-0.3, -0.25) is 14.9 Å². The maximum atomic E-state index is 10.9. The van der Waals surface area contributed by atoms with E-state index in [1.165, 1.54) is 12.4 Å². The van der Waals surface area contributed by atoms with Crippen molar-refractivity contribution in [2.24, 2.45) is 5.10 Å². The van der Waals surface area contributed by atoms with Gasteiger partial charge in [0.15, 0.2) is 5.11 Å². The molecule has 2 rings (SSSR count). The van der Waals surface area contributed by atoms with Crippen molar-refractivity contribution < 1.29 is 28.4 Å². The maximum Gasteiger partial charge on any atom is 0.469 e. The summed E-state index contributed by atoms with van der Waals surface area (Å²) in [6.07, 6.45) is 4.13. The molecule has 0 unspecified atom stereocenters. The molecule has 0 saturated heterocycles. The predicted octanol–water partition coefficient (Wildman–Crippen LogP) is 1.30. The van der Waals surface area contributed by atoms with Crippen LogP contribution in [-0.2, 0) is 22.2 Å². The first kappa shape index (κ1) is 20.0. The lowest BCUT2D eigenvalue weighted by atomic mass is 10.1. The summed E-state index contributed by atoms with van der Waals surface area (Å²) in [5.41, 5.74) is 3.33. The van der Waals surface area contributed by atoms with Gasteiger partial charge in [-0.05, 0) is 31.3 Å². The third-order valence-electron chi connectivity index (χ3n) is 3.11. The highest BCUT2D eigenvalue weighted by Crippen LogP contribution is 2.37. The number of hydrazone groups is 1. The lowest BCUT2D eigenvalue weighted by molar-refractivity contribution is 0.188. The SMILES string of the molecule is Cc1ncc(COP(=O)(O)O)c(/C=N/NC(=S)NCc2ccco2)c1O. The Kier molecular flexibility index (Phi) is 6.83. The van der Waals surface area contributed by atoms with Crippen LogP contribution in [0, 0.1) is 6.92 Å². The molecule has 2 aromatic rings. The first-order valence-corrected chi connectivity index (χ1v) is 9.17. The van der Waals surface area contributed by atoms with Crippen molar-refractivity contribution in [3.05, 3.63) is 47.2 Å². The monoisotopic (exact) mass is 400 g/mol. The second kappa shape index (κ2) is 8.88. The summed E-state index contributed by atoms with van der Waals surface area (Å²) < 4.78 is 20.4. The fourth-order valence-electron chi connectivity index (χ4n) is 1.84. The first-order valence-electron chi connectivity index (χ1n) is 7.23. The minimum Gasteiger partial charge on any atom is -0.505 e. The van der Waals surface area contributed by atoms with Crippen LogP contribution in [0.25, 0.3) is 0 Å². The van der Waals surface area contributed by atoms with E-state index in [0.717, 1.165) is 0 Å². The van der Waals surface area contributed by atoms with Gasteiger partial charge in [0, 0.05) is 17.3 Å². The Morgan fingerprint density at radius 3 is 2.96 bits per heavy atom. The van der Waals surface area contributed by atoms with Gasteiger partial charge in [-0.25, -0.2) is 4.57 Å². The molecule has 0 aliphatic carbocycles. The van der Waals surface area contributed by atoms with E-state index in [1.54, 1.807) is 25.3 Å². The van der Waals surface area contributed by atoms with Gasteiger partial charge in [0.05, 0.1) is 31.3 Å². The van der Waals surface area contributed by atoms with E-state index in [0.29, 0.717) is 18.0 Å². The minimum atomic E-state index is -4.66. The lowest BCUT2D eigenvalue weighted by Gasteiger charge is -2.11. The van der Waals surface area contributed by atoms with Gasteiger partial charge in [-0.1, -0.05) is 0 Å². The van der Waals surface area contributed by atoms with Crippen LogP contribution in [0.2, 0.25) is 0 Å². The number of thiocarbonyl (C=S) groups is 1. The van der Waals surface area contributed by atoms with Gasteiger partial charge < -0.3 is 24.6 Å². The fraction of sp³-hybridized carbons (Fsp3) is 0.214. The van der Waals surface area contributed by atoms with Crippen molar-refractivity contribution in [1.82, 2.24) is 15.7 Å². The molecule has 0 fully saturated rings. The Balaban J connectivity index is 2.01. The molecule has 5 N–H and O–H groups in total. The molecule has 12 heteroatoms. The fourth-order valence-corrected chi connectivity index (χ4v) is 2.27. The van der Waals surface area contributed by atoms with Crippen molar-refractivity contribution in [2.75, 3.05) is 0 Å². The van der Waals surface area contributed by atoms with E-state index >= 15 is 0 Å². The molecule has 10 nitrogen and oxygen atoms in total. The first-order chi connectivity index (χ1) is 12.3. The molecular weight excluding hydrogens is 383 g/mol. The van der Waals surface area contributed by atoms with Crippen LogP contribution >= 0.6 is 20.0 Å². The summed E-state index contributed by atoms with van der Waals surface area (Å²) in [4.78, 5) is 21.5. The van der Waals surface area contributed by atoms with E-state index in [-0.39, 0.29) is 22.0 Å². The Hall–Kier alpha value is -2.30. The summed E-state index contributed by atoms with van der Waals surface area (Å²) in [6, 6.07) is 3.53. The van der Waals surface area contributed by atoms with E-state index < -0.39 is 14.4 Å². The second-order valence-corrected chi connectivity index (χ2v) is 6.67. The van der Waals surface area contributed by atoms with Crippen molar-refractivity contribution in [3.63, 3.8) is 0 Å². The van der Waals surface area contributed by atoms with Gasteiger partial charge in [0.2, 0.25) is 0 Å². The third-order valence-corrected chi connectivity index (χ3v) is 3.81. The average molecular weight is 400 g/mol. The van der Waals surface area contributed by atoms with Crippen molar-refractivity contribution in [2.45, 2.75) is 20.1 Å². The van der Waals surface area contributed by atoms with Crippen LogP contribution in [-0.4, -0.2) is 31.2 Å². The quantitative estimate of drug-likeness (QED) is 0.199. The molecule has 0 amide bonds. The number of nitrogens with one attached hydrogen (secondary N) is 2. The lowest BCUT2D eigenvalue weighted by Crippen LogP contribution is -2.31. The van der Waals surface area contributed by atoms with Gasteiger partial charge in [0.1, 0.15) is 11.5 Å². The van der Waals surface area contributed by atoms with Crippen LogP contribution in [0.3, 0.4) is 0 Å². The summed E-state index contributed by atoms with van der Waals surface area (Å²) in [5.74, 6) is 0.509. The molecule has 0 bridgehead atoms. The van der Waals surface area contributed by atoms with E-state index in [1.807, 2.05) is 0 Å². The minimum absolute atomic E-state index is 0.183. The number of pyridine rings is 1. The maximum absolute atomic E-state index is 10.9. The molecule has 26 heavy (non-hydrogen) atoms. The number of phosphoric acid groups is 1. The molecule has 0 aliphatic rings. The smallest absolute Gasteiger partial charge is 0.469 e. The van der Waals surface area contributed by atoms with Gasteiger partial charge in [-0.15, -0.1) is 0 Å². The number of hydrogen-bond acceptors (Lipinski definition) is 7. The van der Waals surface area contributed by atoms with Crippen molar-refractivity contribution >= 4 is 31.4 Å². The van der Waals surface area contributed by atoms with Crippen LogP contribution in [0.5, 0.6) is 5.75 Å². The van der Waals surface area contributed by atoms with Gasteiger partial charge in [-0.2, -0.15) is 5.10 Å². The average Bonchev–Trinajstić information content (AvgIpc) is 3.08. The Labute approximate surface area is 154 Å². The molecule has 0 radical (unpaired) electrons. The highest BCUT2D eigenvalue weighted by Gasteiger charge is 2.17. The van der Waals surface area contributed by atoms with Crippen LogP contribution in [0.1, 0.15) is 22.6 Å². The van der Waals surface area contributed by atoms with E-state index in [9.17, 15) is 9.67 Å². The van der Waals surface area contributed by atoms with Crippen LogP contribution < -0.4 is 10.7 Å². The third kappa shape index (κ3) is 6.21. The molecule has 2 aromatic heterocycles. The Bertz CT molecular complexity index is 836. The number of furan rings is 1. The number of rotatable bonds is 7. The summed E-state index contributed by atoms with van der Waals surface area (Å²) in [6.45, 7) is 1.49. The number of aromatic nitrogens is 1. The number of phosphoric ester groups is 1. The number of aryl methyl sites for hydroxylation is 1.